The summed E-state index contributed by atoms with van der Waals surface area (Å²) in [5.41, 5.74) is 6.90. The third-order valence-corrected chi connectivity index (χ3v) is 4.80. The number of benzene rings is 1. The number of rotatable bonds is 6. The first kappa shape index (κ1) is 15.3. The van der Waals surface area contributed by atoms with Gasteiger partial charge in [-0.3, -0.25) is 4.79 Å². The molecule has 1 aromatic rings. The van der Waals surface area contributed by atoms with E-state index in [1.807, 2.05) is 36.1 Å². The summed E-state index contributed by atoms with van der Waals surface area (Å²) in [7, 11) is 0. The zero-order chi connectivity index (χ0) is 14.6. The summed E-state index contributed by atoms with van der Waals surface area (Å²) in [6.45, 7) is 3.90. The average molecular weight is 295 g/mol. The number of halogens is 1. The number of hydrogen-bond acceptors (Lipinski definition) is 2. The number of carbonyl (C=O) groups is 1. The van der Waals surface area contributed by atoms with Crippen LogP contribution in [0.15, 0.2) is 24.3 Å². The van der Waals surface area contributed by atoms with Crippen LogP contribution in [0.2, 0.25) is 5.02 Å². The van der Waals surface area contributed by atoms with Crippen LogP contribution in [0.4, 0.5) is 0 Å². The molecule has 0 spiro atoms. The smallest absolute Gasteiger partial charge is 0.223 e. The van der Waals surface area contributed by atoms with Crippen LogP contribution in [-0.4, -0.2) is 23.9 Å². The molecule has 2 N–H and O–H groups in total. The van der Waals surface area contributed by atoms with Crippen molar-refractivity contribution in [1.29, 1.82) is 0 Å². The molecule has 0 radical (unpaired) electrons. The molecule has 0 unspecified atom stereocenters. The van der Waals surface area contributed by atoms with E-state index < -0.39 is 0 Å². The molecule has 0 bridgehead atoms. The maximum atomic E-state index is 12.5. The molecule has 1 aliphatic carbocycles. The first-order chi connectivity index (χ1) is 9.60. The summed E-state index contributed by atoms with van der Waals surface area (Å²) in [5, 5.41) is 0.718. The largest absolute Gasteiger partial charge is 0.339 e. The highest BCUT2D eigenvalue weighted by molar-refractivity contribution is 6.31. The fraction of sp³-hybridized carbons (Fsp3) is 0.562. The van der Waals surface area contributed by atoms with Gasteiger partial charge >= 0.3 is 0 Å². The Morgan fingerprint density at radius 2 is 2.10 bits per heavy atom. The Morgan fingerprint density at radius 3 is 2.60 bits per heavy atom. The van der Waals surface area contributed by atoms with E-state index in [0.29, 0.717) is 26.1 Å². The van der Waals surface area contributed by atoms with Crippen molar-refractivity contribution >= 4 is 17.5 Å². The molecule has 3 nitrogen and oxygen atoms in total. The van der Waals surface area contributed by atoms with Gasteiger partial charge in [0.1, 0.15) is 0 Å². The van der Waals surface area contributed by atoms with Crippen LogP contribution >= 0.6 is 11.6 Å². The second kappa shape index (κ2) is 6.59. The molecule has 1 amide bonds. The third-order valence-electron chi connectivity index (χ3n) is 4.43. The molecule has 110 valence electrons. The Balaban J connectivity index is 2.01. The highest BCUT2D eigenvalue weighted by Gasteiger charge is 2.38. The second-order valence-electron chi connectivity index (χ2n) is 5.73. The van der Waals surface area contributed by atoms with Crippen molar-refractivity contribution in [2.75, 3.05) is 13.1 Å². The molecule has 1 saturated carbocycles. The normalized spacial score (nSPS) is 16.6. The maximum absolute atomic E-state index is 12.5. The van der Waals surface area contributed by atoms with Gasteiger partial charge in [-0.15, -0.1) is 0 Å². The van der Waals surface area contributed by atoms with Crippen molar-refractivity contribution in [1.82, 2.24) is 4.90 Å². The number of nitrogens with two attached hydrogens (primary N) is 1. The molecule has 0 atom stereocenters. The molecule has 2 rings (SSSR count). The highest BCUT2D eigenvalue weighted by Crippen LogP contribution is 2.43. The van der Waals surface area contributed by atoms with E-state index in [1.54, 1.807) is 0 Å². The monoisotopic (exact) mass is 294 g/mol. The van der Waals surface area contributed by atoms with Crippen molar-refractivity contribution in [3.63, 3.8) is 0 Å². The van der Waals surface area contributed by atoms with Gasteiger partial charge in [0.05, 0.1) is 0 Å². The molecule has 20 heavy (non-hydrogen) atoms. The van der Waals surface area contributed by atoms with Gasteiger partial charge in [0.25, 0.3) is 0 Å². The standard InChI is InChI=1S/C16H23ClN2O/c1-2-19(11-13-6-3-4-7-14(13)17)15(20)10-16(12-18)8-5-9-16/h3-4,6-7H,2,5,8-12,18H2,1H3. The van der Waals surface area contributed by atoms with Crippen LogP contribution in [0.3, 0.4) is 0 Å². The van der Waals surface area contributed by atoms with Gasteiger partial charge in [-0.2, -0.15) is 0 Å². The zero-order valence-corrected chi connectivity index (χ0v) is 12.8. The lowest BCUT2D eigenvalue weighted by Crippen LogP contribution is -2.43. The fourth-order valence-electron chi connectivity index (χ4n) is 2.77. The Hall–Kier alpha value is -1.06. The highest BCUT2D eigenvalue weighted by atomic mass is 35.5. The molecule has 0 saturated heterocycles. The predicted octanol–water partition coefficient (Wildman–Crippen LogP) is 3.21. The number of amides is 1. The predicted molar refractivity (Wildman–Crippen MR) is 82.5 cm³/mol. The molecule has 1 aromatic carbocycles. The Kier molecular flexibility index (Phi) is 5.06. The molecule has 1 fully saturated rings. The van der Waals surface area contributed by atoms with Crippen molar-refractivity contribution < 1.29 is 4.79 Å². The lowest BCUT2D eigenvalue weighted by atomic mass is 9.66. The Morgan fingerprint density at radius 1 is 1.40 bits per heavy atom. The molecular weight excluding hydrogens is 272 g/mol. The molecular formula is C16H23ClN2O. The van der Waals surface area contributed by atoms with E-state index in [0.717, 1.165) is 23.4 Å². The minimum absolute atomic E-state index is 0.0605. The van der Waals surface area contributed by atoms with Gasteiger partial charge in [0.2, 0.25) is 5.91 Å². The lowest BCUT2D eigenvalue weighted by molar-refractivity contribution is -0.135. The van der Waals surface area contributed by atoms with Crippen molar-refractivity contribution in [3.8, 4) is 0 Å². The summed E-state index contributed by atoms with van der Waals surface area (Å²) in [6, 6.07) is 7.69. The van der Waals surface area contributed by atoms with Crippen molar-refractivity contribution in [2.45, 2.75) is 39.2 Å². The lowest BCUT2D eigenvalue weighted by Gasteiger charge is -2.41. The minimum atomic E-state index is 0.0605. The van der Waals surface area contributed by atoms with Crippen LogP contribution in [-0.2, 0) is 11.3 Å². The Bertz CT molecular complexity index is 466. The van der Waals surface area contributed by atoms with Crippen LogP contribution in [0.25, 0.3) is 0 Å². The first-order valence-electron chi connectivity index (χ1n) is 7.31. The van der Waals surface area contributed by atoms with Crippen LogP contribution in [0.5, 0.6) is 0 Å². The van der Waals surface area contributed by atoms with Gasteiger partial charge in [-0.1, -0.05) is 36.2 Å². The van der Waals surface area contributed by atoms with Crippen LogP contribution < -0.4 is 5.73 Å². The summed E-state index contributed by atoms with van der Waals surface area (Å²) in [4.78, 5) is 14.4. The van der Waals surface area contributed by atoms with E-state index in [9.17, 15) is 4.79 Å². The minimum Gasteiger partial charge on any atom is -0.339 e. The number of nitrogens with zero attached hydrogens (tertiary/aromatic N) is 1. The van der Waals surface area contributed by atoms with E-state index in [4.69, 9.17) is 17.3 Å². The maximum Gasteiger partial charge on any atom is 0.223 e. The quantitative estimate of drug-likeness (QED) is 0.876. The van der Waals surface area contributed by atoms with Gasteiger partial charge in [-0.05, 0) is 43.4 Å². The van der Waals surface area contributed by atoms with E-state index in [2.05, 4.69) is 0 Å². The van der Waals surface area contributed by atoms with Gasteiger partial charge in [0, 0.05) is 24.5 Å². The van der Waals surface area contributed by atoms with E-state index >= 15 is 0 Å². The summed E-state index contributed by atoms with van der Waals surface area (Å²) >= 11 is 6.17. The van der Waals surface area contributed by atoms with Crippen molar-refractivity contribution in [3.05, 3.63) is 34.9 Å². The number of hydrogen-bond donors (Lipinski definition) is 1. The molecule has 0 heterocycles. The molecule has 4 heteroatoms. The SMILES string of the molecule is CCN(Cc1ccccc1Cl)C(=O)CC1(CN)CCC1. The third kappa shape index (κ3) is 3.33. The van der Waals surface area contributed by atoms with E-state index in [-0.39, 0.29) is 11.3 Å². The van der Waals surface area contributed by atoms with Gasteiger partial charge < -0.3 is 10.6 Å². The van der Waals surface area contributed by atoms with Crippen LogP contribution in [0, 0.1) is 5.41 Å². The zero-order valence-electron chi connectivity index (χ0n) is 12.1. The van der Waals surface area contributed by atoms with E-state index in [1.165, 1.54) is 6.42 Å². The summed E-state index contributed by atoms with van der Waals surface area (Å²) < 4.78 is 0. The topological polar surface area (TPSA) is 46.3 Å². The Labute approximate surface area is 126 Å². The van der Waals surface area contributed by atoms with Gasteiger partial charge in [0.15, 0.2) is 0 Å². The first-order valence-corrected chi connectivity index (χ1v) is 7.69. The number of carbonyl (C=O) groups excluding carboxylic acids is 1. The molecule has 0 aliphatic heterocycles. The van der Waals surface area contributed by atoms with Crippen LogP contribution in [0.1, 0.15) is 38.2 Å². The average Bonchev–Trinajstić information content (AvgIpc) is 2.41. The second-order valence-corrected chi connectivity index (χ2v) is 6.14. The molecule has 1 aliphatic rings. The summed E-state index contributed by atoms with van der Waals surface area (Å²) in [6.07, 6.45) is 3.93. The fourth-order valence-corrected chi connectivity index (χ4v) is 2.97. The molecule has 0 aromatic heterocycles. The summed E-state index contributed by atoms with van der Waals surface area (Å²) in [5.74, 6) is 0.192. The van der Waals surface area contributed by atoms with Crippen molar-refractivity contribution in [2.24, 2.45) is 11.1 Å². The van der Waals surface area contributed by atoms with Gasteiger partial charge in [-0.25, -0.2) is 0 Å².